The van der Waals surface area contributed by atoms with E-state index >= 15 is 0 Å². The lowest BCUT2D eigenvalue weighted by molar-refractivity contribution is 0.110. The van der Waals surface area contributed by atoms with Crippen LogP contribution in [-0.2, 0) is 10.0 Å². The van der Waals surface area contributed by atoms with Crippen LogP contribution in [0.4, 0.5) is 17.3 Å². The van der Waals surface area contributed by atoms with Gasteiger partial charge in [0.05, 0.1) is 34.5 Å². The number of nitrogens with zero attached hydrogens (tertiary/aromatic N) is 6. The zero-order valence-electron chi connectivity index (χ0n) is 23.1. The molecule has 3 aromatic heterocycles. The van der Waals surface area contributed by atoms with Crippen molar-refractivity contribution in [3.05, 3.63) is 42.5 Å². The largest absolute Gasteiger partial charge is 0.396 e. The molecule has 12 heteroatoms. The van der Waals surface area contributed by atoms with E-state index in [2.05, 4.69) is 49.0 Å². The zero-order valence-corrected chi connectivity index (χ0v) is 23.9. The van der Waals surface area contributed by atoms with Crippen molar-refractivity contribution < 1.29 is 18.6 Å². The van der Waals surface area contributed by atoms with Gasteiger partial charge in [0.15, 0.2) is 5.82 Å². The van der Waals surface area contributed by atoms with Crippen molar-refractivity contribution in [3.63, 3.8) is 0 Å². The van der Waals surface area contributed by atoms with E-state index in [1.54, 1.807) is 18.5 Å². The predicted octanol–water partition coefficient (Wildman–Crippen LogP) is 3.07. The first kappa shape index (κ1) is 27.6. The fraction of sp³-hybridized carbons (Fsp3) is 0.517. The molecule has 41 heavy (non-hydrogen) atoms. The van der Waals surface area contributed by atoms with E-state index in [9.17, 15) is 18.6 Å². The van der Waals surface area contributed by atoms with Crippen LogP contribution < -0.4 is 10.2 Å². The molecule has 0 atom stereocenters. The number of hydrogen-bond donors (Lipinski definition) is 3. The fourth-order valence-corrected chi connectivity index (χ4v) is 6.84. The van der Waals surface area contributed by atoms with Gasteiger partial charge in [-0.2, -0.15) is 9.19 Å². The van der Waals surface area contributed by atoms with Crippen LogP contribution in [0.1, 0.15) is 63.9 Å². The maximum atomic E-state index is 12.5. The van der Waals surface area contributed by atoms with Gasteiger partial charge in [-0.15, -0.1) is 0 Å². The van der Waals surface area contributed by atoms with Gasteiger partial charge in [-0.25, -0.2) is 23.4 Å². The third kappa shape index (κ3) is 5.93. The summed E-state index contributed by atoms with van der Waals surface area (Å²) in [4.78, 5) is 15.7. The van der Waals surface area contributed by atoms with E-state index in [0.717, 1.165) is 54.1 Å². The first-order chi connectivity index (χ1) is 19.7. The first-order valence-corrected chi connectivity index (χ1v) is 15.7. The Labute approximate surface area is 240 Å². The highest BCUT2D eigenvalue weighted by atomic mass is 32.2. The molecule has 3 aliphatic rings. The summed E-state index contributed by atoms with van der Waals surface area (Å²) in [5.74, 6) is 7.73. The molecule has 216 valence electrons. The summed E-state index contributed by atoms with van der Waals surface area (Å²) in [5.41, 5.74) is 1.11. The molecule has 3 fully saturated rings. The Morgan fingerprint density at radius 3 is 2.56 bits per heavy atom. The number of nitrogens with one attached hydrogen (secondary N) is 1. The van der Waals surface area contributed by atoms with Gasteiger partial charge in [-0.05, 0) is 62.8 Å². The highest BCUT2D eigenvalue weighted by Gasteiger charge is 2.38. The Bertz CT molecular complexity index is 1590. The molecule has 0 bridgehead atoms. The second kappa shape index (κ2) is 10.7. The molecular weight excluding hydrogens is 542 g/mol. The van der Waals surface area contributed by atoms with Gasteiger partial charge in [0.1, 0.15) is 17.2 Å². The number of rotatable bonds is 7. The van der Waals surface area contributed by atoms with Gasteiger partial charge >= 0.3 is 0 Å². The molecule has 1 saturated heterocycles. The van der Waals surface area contributed by atoms with Gasteiger partial charge in [0.25, 0.3) is 10.0 Å². The Balaban J connectivity index is 1.26. The maximum absolute atomic E-state index is 12.5. The van der Waals surface area contributed by atoms with E-state index in [-0.39, 0.29) is 17.3 Å². The summed E-state index contributed by atoms with van der Waals surface area (Å²) in [6, 6.07) is 3.65. The number of aliphatic hydroxyl groups is 2. The number of hydrogen-bond acceptors (Lipinski definition) is 10. The SMILES string of the molecule is CC1(CO)CCN(c2cc(Nc3ccnc(-c4cnn(S(=O)(=O)C5CC5)c4)n3)ncc2C#CC2(O)CCCC2)CC1. The second-order valence-corrected chi connectivity index (χ2v) is 13.8. The van der Waals surface area contributed by atoms with Crippen molar-refractivity contribution in [3.8, 4) is 23.2 Å². The molecule has 4 heterocycles. The van der Waals surface area contributed by atoms with E-state index in [1.807, 2.05) is 6.07 Å². The molecule has 11 nitrogen and oxygen atoms in total. The third-order valence-corrected chi connectivity index (χ3v) is 10.4. The summed E-state index contributed by atoms with van der Waals surface area (Å²) >= 11 is 0. The lowest BCUT2D eigenvalue weighted by atomic mass is 9.81. The Morgan fingerprint density at radius 1 is 1.10 bits per heavy atom. The minimum Gasteiger partial charge on any atom is -0.396 e. The second-order valence-electron chi connectivity index (χ2n) is 11.8. The molecule has 1 aliphatic heterocycles. The van der Waals surface area contributed by atoms with Gasteiger partial charge < -0.3 is 20.4 Å². The van der Waals surface area contributed by atoms with Crippen molar-refractivity contribution >= 4 is 27.3 Å². The zero-order chi connectivity index (χ0) is 28.7. The quantitative estimate of drug-likeness (QED) is 0.358. The smallest absolute Gasteiger partial charge is 0.256 e. The topological polar surface area (TPSA) is 146 Å². The first-order valence-electron chi connectivity index (χ1n) is 14.2. The molecule has 0 unspecified atom stereocenters. The molecule has 0 amide bonds. The van der Waals surface area contributed by atoms with Crippen LogP contribution in [0.2, 0.25) is 0 Å². The van der Waals surface area contributed by atoms with Crippen LogP contribution in [-0.4, -0.2) is 73.3 Å². The third-order valence-electron chi connectivity index (χ3n) is 8.37. The number of piperidine rings is 1. The summed E-state index contributed by atoms with van der Waals surface area (Å²) in [6.07, 6.45) is 12.6. The molecule has 0 aromatic carbocycles. The fourth-order valence-electron chi connectivity index (χ4n) is 5.36. The molecule has 3 N–H and O–H groups in total. The Morgan fingerprint density at radius 2 is 1.85 bits per heavy atom. The standard InChI is InChI=1S/C29H35N7O4S/c1-28(20-37)11-14-35(15-12-28)24-16-26(31-17-21(24)6-10-29(38)8-2-3-9-29)33-25-7-13-30-27(34-25)22-18-32-36(19-22)41(39,40)23-4-5-23/h7,13,16-19,23,37-38H,2-5,8-9,11-12,14-15,20H2,1H3,(H,30,31,33,34). The molecule has 3 aromatic rings. The average Bonchev–Trinajstić information content (AvgIpc) is 3.56. The summed E-state index contributed by atoms with van der Waals surface area (Å²) in [5, 5.41) is 27.6. The van der Waals surface area contributed by atoms with Crippen molar-refractivity contribution in [2.24, 2.45) is 5.41 Å². The van der Waals surface area contributed by atoms with Gasteiger partial charge in [0.2, 0.25) is 0 Å². The monoisotopic (exact) mass is 577 g/mol. The summed E-state index contributed by atoms with van der Waals surface area (Å²) < 4.78 is 26.1. The van der Waals surface area contributed by atoms with Crippen LogP contribution in [0.25, 0.3) is 11.4 Å². The molecule has 0 spiro atoms. The van der Waals surface area contributed by atoms with Gasteiger partial charge in [0, 0.05) is 38.2 Å². The van der Waals surface area contributed by atoms with E-state index < -0.39 is 15.6 Å². The number of pyridine rings is 1. The van der Waals surface area contributed by atoms with E-state index in [4.69, 9.17) is 0 Å². The van der Waals surface area contributed by atoms with Crippen LogP contribution in [0.3, 0.4) is 0 Å². The van der Waals surface area contributed by atoms with Crippen LogP contribution in [0.5, 0.6) is 0 Å². The number of aliphatic hydroxyl groups excluding tert-OH is 1. The highest BCUT2D eigenvalue weighted by molar-refractivity contribution is 7.90. The van der Waals surface area contributed by atoms with Crippen molar-refractivity contribution in [2.45, 2.75) is 69.1 Å². The normalized spacial score (nSPS) is 19.9. The van der Waals surface area contributed by atoms with Crippen molar-refractivity contribution in [1.82, 2.24) is 24.1 Å². The molecule has 2 aliphatic carbocycles. The van der Waals surface area contributed by atoms with Gasteiger partial charge in [-0.3, -0.25) is 0 Å². The lowest BCUT2D eigenvalue weighted by Gasteiger charge is -2.39. The lowest BCUT2D eigenvalue weighted by Crippen LogP contribution is -2.40. The van der Waals surface area contributed by atoms with Crippen molar-refractivity contribution in [2.75, 3.05) is 29.9 Å². The molecule has 2 saturated carbocycles. The van der Waals surface area contributed by atoms with Crippen LogP contribution in [0, 0.1) is 17.3 Å². The van der Waals surface area contributed by atoms with E-state index in [1.165, 1.54) is 12.4 Å². The highest BCUT2D eigenvalue weighted by Crippen LogP contribution is 2.35. The number of aromatic nitrogens is 5. The molecule has 0 radical (unpaired) electrons. The predicted molar refractivity (Wildman–Crippen MR) is 155 cm³/mol. The van der Waals surface area contributed by atoms with Crippen LogP contribution in [0.15, 0.2) is 36.9 Å². The summed E-state index contributed by atoms with van der Waals surface area (Å²) in [6.45, 7) is 3.80. The Hall–Kier alpha value is -3.53. The molecule has 6 rings (SSSR count). The minimum absolute atomic E-state index is 0.0986. The summed E-state index contributed by atoms with van der Waals surface area (Å²) in [7, 11) is -3.48. The van der Waals surface area contributed by atoms with Crippen LogP contribution >= 0.6 is 0 Å². The molecular formula is C29H35N7O4S. The Kier molecular flexibility index (Phi) is 7.21. The minimum atomic E-state index is -3.48. The average molecular weight is 578 g/mol. The number of anilines is 3. The van der Waals surface area contributed by atoms with E-state index in [0.29, 0.717) is 48.7 Å². The maximum Gasteiger partial charge on any atom is 0.256 e. The van der Waals surface area contributed by atoms with Gasteiger partial charge in [-0.1, -0.05) is 18.8 Å². The van der Waals surface area contributed by atoms with Crippen molar-refractivity contribution in [1.29, 1.82) is 0 Å².